The molecule has 2 rings (SSSR count). The van der Waals surface area contributed by atoms with E-state index in [0.717, 1.165) is 11.1 Å². The summed E-state index contributed by atoms with van der Waals surface area (Å²) in [6, 6.07) is 10.4. The summed E-state index contributed by atoms with van der Waals surface area (Å²) in [5, 5.41) is 20.0. The molecule has 0 amide bonds. The SMILES string of the molecule is O=[N+]([O-])c1cccc(CN(CCO)Cc2cccnc2)c1. The maximum absolute atomic E-state index is 10.8. The van der Waals surface area contributed by atoms with E-state index in [9.17, 15) is 15.2 Å². The van der Waals surface area contributed by atoms with Crippen molar-refractivity contribution in [2.45, 2.75) is 13.1 Å². The molecule has 6 nitrogen and oxygen atoms in total. The molecule has 0 unspecified atom stereocenters. The average Bonchev–Trinajstić information content (AvgIpc) is 2.49. The van der Waals surface area contributed by atoms with Crippen LogP contribution in [0.25, 0.3) is 0 Å². The molecule has 0 aliphatic carbocycles. The van der Waals surface area contributed by atoms with Crippen molar-refractivity contribution in [3.05, 3.63) is 70.0 Å². The summed E-state index contributed by atoms with van der Waals surface area (Å²) in [4.78, 5) is 16.5. The van der Waals surface area contributed by atoms with Crippen LogP contribution in [-0.2, 0) is 13.1 Å². The van der Waals surface area contributed by atoms with Gasteiger partial charge in [-0.1, -0.05) is 18.2 Å². The first-order valence-corrected chi connectivity index (χ1v) is 6.64. The van der Waals surface area contributed by atoms with Crippen molar-refractivity contribution in [2.75, 3.05) is 13.2 Å². The highest BCUT2D eigenvalue weighted by atomic mass is 16.6. The Bertz CT molecular complexity index is 590. The standard InChI is InChI=1S/C15H17N3O3/c19-8-7-17(12-14-4-2-6-16-10-14)11-13-3-1-5-15(9-13)18(20)21/h1-6,9-10,19H,7-8,11-12H2. The minimum absolute atomic E-state index is 0.0369. The number of hydrogen-bond donors (Lipinski definition) is 1. The van der Waals surface area contributed by atoms with Crippen LogP contribution in [0, 0.1) is 10.1 Å². The Kier molecular flexibility index (Phi) is 5.36. The molecule has 0 radical (unpaired) electrons. The number of aliphatic hydroxyl groups is 1. The number of rotatable bonds is 7. The molecule has 0 atom stereocenters. The molecule has 2 aromatic rings. The molecule has 6 heteroatoms. The molecule has 0 saturated heterocycles. The second-order valence-corrected chi connectivity index (χ2v) is 4.72. The zero-order valence-electron chi connectivity index (χ0n) is 11.6. The Labute approximate surface area is 122 Å². The van der Waals surface area contributed by atoms with Gasteiger partial charge in [0.25, 0.3) is 5.69 Å². The van der Waals surface area contributed by atoms with Gasteiger partial charge in [0.1, 0.15) is 0 Å². The summed E-state index contributed by atoms with van der Waals surface area (Å²) in [7, 11) is 0. The molecule has 1 N–H and O–H groups in total. The fourth-order valence-corrected chi connectivity index (χ4v) is 2.13. The average molecular weight is 287 g/mol. The van der Waals surface area contributed by atoms with Gasteiger partial charge in [-0.15, -0.1) is 0 Å². The molecule has 1 aromatic heterocycles. The summed E-state index contributed by atoms with van der Waals surface area (Å²) < 4.78 is 0. The van der Waals surface area contributed by atoms with Crippen molar-refractivity contribution in [3.63, 3.8) is 0 Å². The first-order chi connectivity index (χ1) is 10.2. The Morgan fingerprint density at radius 2 is 1.95 bits per heavy atom. The van der Waals surface area contributed by atoms with E-state index in [2.05, 4.69) is 4.98 Å². The number of nitro groups is 1. The van der Waals surface area contributed by atoms with Crippen LogP contribution in [-0.4, -0.2) is 33.1 Å². The summed E-state index contributed by atoms with van der Waals surface area (Å²) >= 11 is 0. The lowest BCUT2D eigenvalue weighted by Crippen LogP contribution is -2.26. The highest BCUT2D eigenvalue weighted by Crippen LogP contribution is 2.15. The normalized spacial score (nSPS) is 10.8. The zero-order valence-corrected chi connectivity index (χ0v) is 11.6. The maximum Gasteiger partial charge on any atom is 0.269 e. The van der Waals surface area contributed by atoms with E-state index in [-0.39, 0.29) is 12.3 Å². The second kappa shape index (κ2) is 7.47. The number of nitrogens with zero attached hydrogens (tertiary/aromatic N) is 3. The van der Waals surface area contributed by atoms with Crippen LogP contribution >= 0.6 is 0 Å². The predicted octanol–water partition coefficient (Wildman–Crippen LogP) is 1.98. The smallest absolute Gasteiger partial charge is 0.269 e. The highest BCUT2D eigenvalue weighted by Gasteiger charge is 2.10. The zero-order chi connectivity index (χ0) is 15.1. The van der Waals surface area contributed by atoms with Crippen molar-refractivity contribution in [1.29, 1.82) is 0 Å². The molecule has 0 fully saturated rings. The van der Waals surface area contributed by atoms with Crippen LogP contribution in [0.2, 0.25) is 0 Å². The number of nitro benzene ring substituents is 1. The third-order valence-electron chi connectivity index (χ3n) is 3.07. The topological polar surface area (TPSA) is 79.5 Å². The summed E-state index contributed by atoms with van der Waals surface area (Å²) in [5.41, 5.74) is 1.97. The highest BCUT2D eigenvalue weighted by molar-refractivity contribution is 5.34. The summed E-state index contributed by atoms with van der Waals surface area (Å²) in [5.74, 6) is 0. The van der Waals surface area contributed by atoms with Crippen LogP contribution < -0.4 is 0 Å². The van der Waals surface area contributed by atoms with Gasteiger partial charge < -0.3 is 5.11 Å². The van der Waals surface area contributed by atoms with Gasteiger partial charge in [0.05, 0.1) is 11.5 Å². The van der Waals surface area contributed by atoms with Gasteiger partial charge in [0.15, 0.2) is 0 Å². The number of aromatic nitrogens is 1. The first kappa shape index (κ1) is 15.1. The van der Waals surface area contributed by atoms with Crippen LogP contribution in [0.3, 0.4) is 0 Å². The van der Waals surface area contributed by atoms with Gasteiger partial charge in [0, 0.05) is 44.2 Å². The molecule has 1 heterocycles. The molecule has 0 spiro atoms. The van der Waals surface area contributed by atoms with E-state index in [1.165, 1.54) is 6.07 Å². The van der Waals surface area contributed by atoms with Gasteiger partial charge in [-0.2, -0.15) is 0 Å². The molecule has 1 aromatic carbocycles. The summed E-state index contributed by atoms with van der Waals surface area (Å²) in [6.07, 6.45) is 3.48. The number of pyridine rings is 1. The van der Waals surface area contributed by atoms with Crippen molar-refractivity contribution in [3.8, 4) is 0 Å². The monoisotopic (exact) mass is 287 g/mol. The lowest BCUT2D eigenvalue weighted by atomic mass is 10.1. The largest absolute Gasteiger partial charge is 0.395 e. The third-order valence-corrected chi connectivity index (χ3v) is 3.07. The fraction of sp³-hybridized carbons (Fsp3) is 0.267. The lowest BCUT2D eigenvalue weighted by Gasteiger charge is -2.21. The van der Waals surface area contributed by atoms with E-state index >= 15 is 0 Å². The molecule has 110 valence electrons. The number of benzene rings is 1. The first-order valence-electron chi connectivity index (χ1n) is 6.64. The van der Waals surface area contributed by atoms with E-state index in [0.29, 0.717) is 19.6 Å². The quantitative estimate of drug-likeness (QED) is 0.622. The Morgan fingerprint density at radius 1 is 1.19 bits per heavy atom. The Hall–Kier alpha value is -2.31. The maximum atomic E-state index is 10.8. The van der Waals surface area contributed by atoms with Crippen LogP contribution in [0.1, 0.15) is 11.1 Å². The van der Waals surface area contributed by atoms with Crippen molar-refractivity contribution >= 4 is 5.69 Å². The van der Waals surface area contributed by atoms with E-state index < -0.39 is 4.92 Å². The van der Waals surface area contributed by atoms with E-state index in [1.807, 2.05) is 23.1 Å². The molecule has 0 bridgehead atoms. The van der Waals surface area contributed by atoms with Gasteiger partial charge in [-0.3, -0.25) is 20.0 Å². The van der Waals surface area contributed by atoms with Crippen LogP contribution in [0.15, 0.2) is 48.8 Å². The van der Waals surface area contributed by atoms with Crippen molar-refractivity contribution < 1.29 is 10.0 Å². The van der Waals surface area contributed by atoms with E-state index in [4.69, 9.17) is 0 Å². The molecular weight excluding hydrogens is 270 g/mol. The number of non-ortho nitro benzene ring substituents is 1. The molecule has 0 aliphatic rings. The van der Waals surface area contributed by atoms with Crippen LogP contribution in [0.5, 0.6) is 0 Å². The van der Waals surface area contributed by atoms with Gasteiger partial charge >= 0.3 is 0 Å². The fourth-order valence-electron chi connectivity index (χ4n) is 2.13. The molecule has 21 heavy (non-hydrogen) atoms. The number of hydrogen-bond acceptors (Lipinski definition) is 5. The third kappa shape index (κ3) is 4.62. The van der Waals surface area contributed by atoms with Gasteiger partial charge in [-0.05, 0) is 17.2 Å². The van der Waals surface area contributed by atoms with Crippen molar-refractivity contribution in [1.82, 2.24) is 9.88 Å². The van der Waals surface area contributed by atoms with Gasteiger partial charge in [0.2, 0.25) is 0 Å². The summed E-state index contributed by atoms with van der Waals surface area (Å²) in [6.45, 7) is 1.71. The van der Waals surface area contributed by atoms with E-state index in [1.54, 1.807) is 24.5 Å². The van der Waals surface area contributed by atoms with Crippen LogP contribution in [0.4, 0.5) is 5.69 Å². The minimum atomic E-state index is -0.402. The lowest BCUT2D eigenvalue weighted by molar-refractivity contribution is -0.384. The molecule has 0 aliphatic heterocycles. The molecular formula is C15H17N3O3. The molecule has 0 saturated carbocycles. The number of aliphatic hydroxyl groups excluding tert-OH is 1. The Morgan fingerprint density at radius 3 is 2.62 bits per heavy atom. The Balaban J connectivity index is 2.09. The minimum Gasteiger partial charge on any atom is -0.395 e. The second-order valence-electron chi connectivity index (χ2n) is 4.72. The van der Waals surface area contributed by atoms with Crippen molar-refractivity contribution in [2.24, 2.45) is 0 Å². The predicted molar refractivity (Wildman–Crippen MR) is 78.5 cm³/mol. The van der Waals surface area contributed by atoms with Gasteiger partial charge in [-0.25, -0.2) is 0 Å².